The molecule has 0 aliphatic rings. The van der Waals surface area contributed by atoms with Gasteiger partial charge < -0.3 is 14.2 Å². The van der Waals surface area contributed by atoms with Crippen LogP contribution in [0.4, 0.5) is 0 Å². The van der Waals surface area contributed by atoms with Crippen LogP contribution in [0.1, 0.15) is 22.8 Å². The van der Waals surface area contributed by atoms with Crippen molar-refractivity contribution in [1.29, 1.82) is 0 Å². The fraction of sp³-hybridized carbons (Fsp3) is 0.176. The van der Waals surface area contributed by atoms with E-state index < -0.39 is 5.97 Å². The molecule has 0 aliphatic heterocycles. The van der Waals surface area contributed by atoms with Crippen molar-refractivity contribution < 1.29 is 23.8 Å². The summed E-state index contributed by atoms with van der Waals surface area (Å²) in [7, 11) is 3.02. The molecule has 0 heterocycles. The number of hydrogen-bond donors (Lipinski definition) is 0. The minimum absolute atomic E-state index is 0.246. The molecule has 0 aliphatic carbocycles. The van der Waals surface area contributed by atoms with Gasteiger partial charge in [0.2, 0.25) is 0 Å². The molecular weight excluding hydrogens is 284 g/mol. The Morgan fingerprint density at radius 3 is 2.32 bits per heavy atom. The Bertz CT molecular complexity index is 706. The molecule has 5 nitrogen and oxygen atoms in total. The lowest BCUT2D eigenvalue weighted by Crippen LogP contribution is -2.06. The maximum Gasteiger partial charge on any atom is 0.308 e. The smallest absolute Gasteiger partial charge is 0.308 e. The normalized spacial score (nSPS) is 9.95. The summed E-state index contributed by atoms with van der Waals surface area (Å²) in [5, 5.41) is 0. The van der Waals surface area contributed by atoms with E-state index in [0.717, 1.165) is 0 Å². The number of hydrogen-bond acceptors (Lipinski definition) is 5. The zero-order chi connectivity index (χ0) is 16.1. The molecular formula is C17H16O5. The number of esters is 1. The molecule has 0 saturated heterocycles. The Morgan fingerprint density at radius 2 is 1.68 bits per heavy atom. The van der Waals surface area contributed by atoms with Gasteiger partial charge in [0.05, 0.1) is 19.8 Å². The first-order valence-corrected chi connectivity index (χ1v) is 6.60. The van der Waals surface area contributed by atoms with E-state index >= 15 is 0 Å². The van der Waals surface area contributed by atoms with Crippen LogP contribution in [0.5, 0.6) is 17.2 Å². The van der Waals surface area contributed by atoms with Crippen molar-refractivity contribution in [3.05, 3.63) is 53.6 Å². The van der Waals surface area contributed by atoms with E-state index in [0.29, 0.717) is 28.4 Å². The second-order valence-electron chi connectivity index (χ2n) is 4.52. The fourth-order valence-electron chi connectivity index (χ4n) is 2.01. The third kappa shape index (κ3) is 3.44. The minimum Gasteiger partial charge on any atom is -0.497 e. The summed E-state index contributed by atoms with van der Waals surface area (Å²) in [5.74, 6) is 0.637. The highest BCUT2D eigenvalue weighted by molar-refractivity contribution is 6.11. The maximum absolute atomic E-state index is 12.7. The highest BCUT2D eigenvalue weighted by atomic mass is 16.5. The Morgan fingerprint density at radius 1 is 0.909 bits per heavy atom. The summed E-state index contributed by atoms with van der Waals surface area (Å²) >= 11 is 0. The Kier molecular flexibility index (Phi) is 4.78. The highest BCUT2D eigenvalue weighted by Gasteiger charge is 2.16. The molecule has 2 aromatic rings. The molecule has 2 aromatic carbocycles. The molecule has 0 radical (unpaired) electrons. The number of ketones is 1. The van der Waals surface area contributed by atoms with Crippen LogP contribution in [-0.4, -0.2) is 26.0 Å². The molecule has 0 N–H and O–H groups in total. The molecule has 2 rings (SSSR count). The first kappa shape index (κ1) is 15.6. The van der Waals surface area contributed by atoms with Crippen molar-refractivity contribution >= 4 is 11.8 Å². The van der Waals surface area contributed by atoms with E-state index in [4.69, 9.17) is 14.2 Å². The summed E-state index contributed by atoms with van der Waals surface area (Å²) < 4.78 is 15.4. The van der Waals surface area contributed by atoms with Crippen molar-refractivity contribution in [1.82, 2.24) is 0 Å². The second kappa shape index (κ2) is 6.76. The monoisotopic (exact) mass is 300 g/mol. The molecule has 0 fully saturated rings. The molecule has 0 amide bonds. The number of ether oxygens (including phenoxy) is 3. The van der Waals surface area contributed by atoms with Gasteiger partial charge in [0.15, 0.2) is 5.78 Å². The zero-order valence-electron chi connectivity index (χ0n) is 12.6. The lowest BCUT2D eigenvalue weighted by molar-refractivity contribution is -0.131. The standard InChI is InChI=1S/C17H16O5/c1-11(18)22-14-6-4-5-12(9-14)17(19)15-10-13(20-2)7-8-16(15)21-3/h4-10H,1-3H3. The maximum atomic E-state index is 12.7. The van der Waals surface area contributed by atoms with E-state index in [1.807, 2.05) is 0 Å². The van der Waals surface area contributed by atoms with E-state index in [9.17, 15) is 9.59 Å². The molecule has 0 aromatic heterocycles. The van der Waals surface area contributed by atoms with Gasteiger partial charge in [0, 0.05) is 12.5 Å². The summed E-state index contributed by atoms with van der Waals surface area (Å²) in [6.07, 6.45) is 0. The van der Waals surface area contributed by atoms with Gasteiger partial charge >= 0.3 is 5.97 Å². The molecule has 0 atom stereocenters. The third-order valence-corrected chi connectivity index (χ3v) is 3.01. The Balaban J connectivity index is 2.41. The number of benzene rings is 2. The lowest BCUT2D eigenvalue weighted by Gasteiger charge is -2.10. The minimum atomic E-state index is -0.441. The zero-order valence-corrected chi connectivity index (χ0v) is 12.6. The van der Waals surface area contributed by atoms with Crippen molar-refractivity contribution in [2.45, 2.75) is 6.92 Å². The number of carbonyl (C=O) groups is 2. The Labute approximate surface area is 128 Å². The van der Waals surface area contributed by atoms with Gasteiger partial charge in [-0.3, -0.25) is 9.59 Å². The van der Waals surface area contributed by atoms with Gasteiger partial charge in [0.25, 0.3) is 0 Å². The van der Waals surface area contributed by atoms with Gasteiger partial charge in [-0.1, -0.05) is 12.1 Å². The van der Waals surface area contributed by atoms with Crippen LogP contribution in [0.2, 0.25) is 0 Å². The Hall–Kier alpha value is -2.82. The quantitative estimate of drug-likeness (QED) is 0.483. The van der Waals surface area contributed by atoms with Crippen LogP contribution < -0.4 is 14.2 Å². The van der Waals surface area contributed by atoms with E-state index in [1.54, 1.807) is 36.4 Å². The fourth-order valence-corrected chi connectivity index (χ4v) is 2.01. The number of methoxy groups -OCH3 is 2. The summed E-state index contributed by atoms with van der Waals surface area (Å²) in [6.45, 7) is 1.31. The van der Waals surface area contributed by atoms with Crippen LogP contribution in [0.25, 0.3) is 0 Å². The number of rotatable bonds is 5. The molecule has 0 spiro atoms. The highest BCUT2D eigenvalue weighted by Crippen LogP contribution is 2.27. The first-order chi connectivity index (χ1) is 10.5. The topological polar surface area (TPSA) is 61.8 Å². The van der Waals surface area contributed by atoms with Crippen molar-refractivity contribution in [2.24, 2.45) is 0 Å². The van der Waals surface area contributed by atoms with Crippen LogP contribution in [-0.2, 0) is 4.79 Å². The SMILES string of the molecule is COc1ccc(OC)c(C(=O)c2cccc(OC(C)=O)c2)c1. The third-order valence-electron chi connectivity index (χ3n) is 3.01. The first-order valence-electron chi connectivity index (χ1n) is 6.60. The lowest BCUT2D eigenvalue weighted by atomic mass is 10.0. The molecule has 114 valence electrons. The van der Waals surface area contributed by atoms with E-state index in [-0.39, 0.29) is 5.78 Å². The van der Waals surface area contributed by atoms with Crippen LogP contribution >= 0.6 is 0 Å². The summed E-state index contributed by atoms with van der Waals surface area (Å²) in [4.78, 5) is 23.7. The van der Waals surface area contributed by atoms with Gasteiger partial charge in [-0.2, -0.15) is 0 Å². The van der Waals surface area contributed by atoms with Crippen molar-refractivity contribution in [3.63, 3.8) is 0 Å². The number of carbonyl (C=O) groups excluding carboxylic acids is 2. The van der Waals surface area contributed by atoms with Crippen molar-refractivity contribution in [2.75, 3.05) is 14.2 Å². The van der Waals surface area contributed by atoms with E-state index in [1.165, 1.54) is 27.2 Å². The second-order valence-corrected chi connectivity index (χ2v) is 4.52. The van der Waals surface area contributed by atoms with Crippen molar-refractivity contribution in [3.8, 4) is 17.2 Å². The molecule has 0 saturated carbocycles. The van der Waals surface area contributed by atoms with Gasteiger partial charge in [0.1, 0.15) is 17.2 Å². The predicted molar refractivity (Wildman–Crippen MR) is 80.7 cm³/mol. The van der Waals surface area contributed by atoms with Crippen LogP contribution in [0.3, 0.4) is 0 Å². The summed E-state index contributed by atoms with van der Waals surface area (Å²) in [6, 6.07) is 11.4. The predicted octanol–water partition coefficient (Wildman–Crippen LogP) is 2.86. The molecule has 22 heavy (non-hydrogen) atoms. The average Bonchev–Trinajstić information content (AvgIpc) is 2.53. The molecule has 5 heteroatoms. The molecule has 0 bridgehead atoms. The van der Waals surface area contributed by atoms with Crippen LogP contribution in [0.15, 0.2) is 42.5 Å². The van der Waals surface area contributed by atoms with Gasteiger partial charge in [-0.15, -0.1) is 0 Å². The van der Waals surface area contributed by atoms with E-state index in [2.05, 4.69) is 0 Å². The van der Waals surface area contributed by atoms with Gasteiger partial charge in [-0.05, 0) is 30.3 Å². The van der Waals surface area contributed by atoms with Crippen LogP contribution in [0, 0.1) is 0 Å². The average molecular weight is 300 g/mol. The largest absolute Gasteiger partial charge is 0.497 e. The van der Waals surface area contributed by atoms with Gasteiger partial charge in [-0.25, -0.2) is 0 Å². The summed E-state index contributed by atoms with van der Waals surface area (Å²) in [5.41, 5.74) is 0.770. The molecule has 0 unspecified atom stereocenters.